The van der Waals surface area contributed by atoms with Crippen LogP contribution in [0.5, 0.6) is 17.2 Å². The Hall–Kier alpha value is -4.13. The number of amides is 1. The van der Waals surface area contributed by atoms with Gasteiger partial charge >= 0.3 is 5.97 Å². The summed E-state index contributed by atoms with van der Waals surface area (Å²) in [6.45, 7) is 8.01. The molecule has 7 heteroatoms. The van der Waals surface area contributed by atoms with Crippen molar-refractivity contribution in [1.29, 1.82) is 0 Å². The lowest BCUT2D eigenvalue weighted by Gasteiger charge is -2.11. The summed E-state index contributed by atoms with van der Waals surface area (Å²) in [7, 11) is 0. The molecule has 0 spiro atoms. The van der Waals surface area contributed by atoms with E-state index in [4.69, 9.17) is 14.2 Å². The molecule has 0 unspecified atom stereocenters. The molecule has 0 aliphatic rings. The Kier molecular flexibility index (Phi) is 8.40. The zero-order valence-corrected chi connectivity index (χ0v) is 19.8. The number of rotatable bonds is 9. The van der Waals surface area contributed by atoms with Crippen LogP contribution in [0.1, 0.15) is 39.5 Å². The minimum atomic E-state index is -0.474. The molecule has 0 heterocycles. The summed E-state index contributed by atoms with van der Waals surface area (Å²) in [5.74, 6) is 0.465. The van der Waals surface area contributed by atoms with Crippen LogP contribution in [0, 0.1) is 20.8 Å². The maximum absolute atomic E-state index is 12.4. The molecule has 0 atom stereocenters. The molecule has 1 N–H and O–H groups in total. The van der Waals surface area contributed by atoms with Gasteiger partial charge in [0.25, 0.3) is 5.91 Å². The fraction of sp³-hybridized carbons (Fsp3) is 0.222. The fourth-order valence-corrected chi connectivity index (χ4v) is 2.97. The van der Waals surface area contributed by atoms with Crippen LogP contribution in [0.4, 0.5) is 0 Å². The van der Waals surface area contributed by atoms with E-state index in [0.717, 1.165) is 16.7 Å². The number of esters is 1. The number of hydrazone groups is 1. The lowest BCUT2D eigenvalue weighted by atomic mass is 10.1. The van der Waals surface area contributed by atoms with Crippen molar-refractivity contribution in [1.82, 2.24) is 5.43 Å². The van der Waals surface area contributed by atoms with E-state index >= 15 is 0 Å². The zero-order chi connectivity index (χ0) is 24.5. The van der Waals surface area contributed by atoms with Gasteiger partial charge in [-0.1, -0.05) is 23.8 Å². The molecule has 3 aromatic rings. The van der Waals surface area contributed by atoms with Gasteiger partial charge in [-0.15, -0.1) is 0 Å². The Bertz CT molecular complexity index is 1190. The summed E-state index contributed by atoms with van der Waals surface area (Å²) in [5.41, 5.74) is 6.84. The highest BCUT2D eigenvalue weighted by atomic mass is 16.6. The largest absolute Gasteiger partial charge is 0.490 e. The first-order valence-corrected chi connectivity index (χ1v) is 10.9. The van der Waals surface area contributed by atoms with Crippen LogP contribution in [0.2, 0.25) is 0 Å². The molecule has 0 aromatic heterocycles. The summed E-state index contributed by atoms with van der Waals surface area (Å²) in [5, 5.41) is 3.97. The van der Waals surface area contributed by atoms with Gasteiger partial charge in [0.15, 0.2) is 18.1 Å². The fourth-order valence-electron chi connectivity index (χ4n) is 2.97. The molecule has 3 aromatic carbocycles. The Morgan fingerprint density at radius 2 is 1.65 bits per heavy atom. The molecule has 0 radical (unpaired) electrons. The summed E-state index contributed by atoms with van der Waals surface area (Å²) in [6, 6.07) is 17.8. The molecule has 7 nitrogen and oxygen atoms in total. The number of benzene rings is 3. The number of nitrogens with zero attached hydrogens (tertiary/aromatic N) is 1. The van der Waals surface area contributed by atoms with Crippen molar-refractivity contribution in [2.45, 2.75) is 27.7 Å². The second-order valence-electron chi connectivity index (χ2n) is 7.72. The quantitative estimate of drug-likeness (QED) is 0.215. The van der Waals surface area contributed by atoms with E-state index < -0.39 is 5.97 Å². The number of hydrogen-bond acceptors (Lipinski definition) is 6. The molecule has 1 amide bonds. The van der Waals surface area contributed by atoms with Crippen molar-refractivity contribution in [3.8, 4) is 17.2 Å². The molecule has 0 fully saturated rings. The Labute approximate surface area is 199 Å². The van der Waals surface area contributed by atoms with E-state index in [-0.39, 0.29) is 12.5 Å². The number of carbonyl (C=O) groups excluding carboxylic acids is 2. The first-order valence-electron chi connectivity index (χ1n) is 10.9. The van der Waals surface area contributed by atoms with Crippen molar-refractivity contribution in [3.63, 3.8) is 0 Å². The van der Waals surface area contributed by atoms with E-state index in [2.05, 4.69) is 10.5 Å². The number of hydrogen-bond donors (Lipinski definition) is 1. The van der Waals surface area contributed by atoms with Gasteiger partial charge in [0.1, 0.15) is 5.75 Å². The molecule has 0 saturated heterocycles. The highest BCUT2D eigenvalue weighted by Crippen LogP contribution is 2.29. The predicted octanol–water partition coefficient (Wildman–Crippen LogP) is 4.76. The highest BCUT2D eigenvalue weighted by molar-refractivity contribution is 5.91. The predicted molar refractivity (Wildman–Crippen MR) is 131 cm³/mol. The number of carbonyl (C=O) groups is 2. The summed E-state index contributed by atoms with van der Waals surface area (Å²) in [4.78, 5) is 24.5. The second kappa shape index (κ2) is 11.7. The van der Waals surface area contributed by atoms with Crippen molar-refractivity contribution < 1.29 is 23.8 Å². The van der Waals surface area contributed by atoms with Crippen molar-refractivity contribution in [2.75, 3.05) is 13.2 Å². The normalized spacial score (nSPS) is 10.7. The van der Waals surface area contributed by atoms with Gasteiger partial charge in [0.05, 0.1) is 18.4 Å². The first kappa shape index (κ1) is 24.5. The van der Waals surface area contributed by atoms with Crippen molar-refractivity contribution in [2.24, 2.45) is 5.10 Å². The number of aryl methyl sites for hydroxylation is 3. The maximum atomic E-state index is 12.4. The SMILES string of the molecule is CCOc1cc(C=NNC(=O)COc2ccc(C)c(C)c2)ccc1OC(=O)c1ccc(C)cc1. The average Bonchev–Trinajstić information content (AvgIpc) is 2.82. The van der Waals surface area contributed by atoms with Crippen LogP contribution in [-0.4, -0.2) is 31.3 Å². The maximum Gasteiger partial charge on any atom is 0.343 e. The van der Waals surface area contributed by atoms with Crippen LogP contribution >= 0.6 is 0 Å². The Balaban J connectivity index is 1.59. The standard InChI is InChI=1S/C27H28N2O5/c1-5-32-25-15-21(9-13-24(25)34-27(31)22-10-6-18(2)7-11-22)16-28-29-26(30)17-33-23-12-8-19(3)20(4)14-23/h6-16H,5,17H2,1-4H3,(H,29,30). The van der Waals surface area contributed by atoms with Gasteiger partial charge in [0.2, 0.25) is 0 Å². The van der Waals surface area contributed by atoms with Crippen LogP contribution < -0.4 is 19.6 Å². The van der Waals surface area contributed by atoms with Gasteiger partial charge < -0.3 is 14.2 Å². The Morgan fingerprint density at radius 3 is 2.35 bits per heavy atom. The second-order valence-corrected chi connectivity index (χ2v) is 7.72. The van der Waals surface area contributed by atoms with Gasteiger partial charge in [-0.25, -0.2) is 10.2 Å². The van der Waals surface area contributed by atoms with E-state index in [9.17, 15) is 9.59 Å². The average molecular weight is 461 g/mol. The summed E-state index contributed by atoms with van der Waals surface area (Å²) >= 11 is 0. The van der Waals surface area contributed by atoms with Crippen LogP contribution in [0.15, 0.2) is 65.8 Å². The van der Waals surface area contributed by atoms with Crippen molar-refractivity contribution >= 4 is 18.1 Å². The smallest absolute Gasteiger partial charge is 0.343 e. The lowest BCUT2D eigenvalue weighted by molar-refractivity contribution is -0.123. The molecule has 0 bridgehead atoms. The monoisotopic (exact) mass is 460 g/mol. The minimum Gasteiger partial charge on any atom is -0.490 e. The third kappa shape index (κ3) is 6.93. The zero-order valence-electron chi connectivity index (χ0n) is 19.8. The number of ether oxygens (including phenoxy) is 3. The molecule has 0 aliphatic heterocycles. The third-order valence-electron chi connectivity index (χ3n) is 5.01. The van der Waals surface area contributed by atoms with E-state index in [1.165, 1.54) is 6.21 Å². The minimum absolute atomic E-state index is 0.155. The van der Waals surface area contributed by atoms with Crippen LogP contribution in [-0.2, 0) is 4.79 Å². The Morgan fingerprint density at radius 1 is 0.882 bits per heavy atom. The lowest BCUT2D eigenvalue weighted by Crippen LogP contribution is -2.24. The molecule has 3 rings (SSSR count). The summed E-state index contributed by atoms with van der Waals surface area (Å²) in [6.07, 6.45) is 1.47. The van der Waals surface area contributed by atoms with E-state index in [1.807, 2.05) is 58.0 Å². The van der Waals surface area contributed by atoms with E-state index in [1.54, 1.807) is 30.3 Å². The molecular weight excluding hydrogens is 432 g/mol. The van der Waals surface area contributed by atoms with Gasteiger partial charge in [0, 0.05) is 0 Å². The molecular formula is C27H28N2O5. The van der Waals surface area contributed by atoms with Crippen LogP contribution in [0.3, 0.4) is 0 Å². The van der Waals surface area contributed by atoms with Crippen molar-refractivity contribution in [3.05, 3.63) is 88.5 Å². The molecule has 0 saturated carbocycles. The van der Waals surface area contributed by atoms with E-state index in [0.29, 0.717) is 35.0 Å². The topological polar surface area (TPSA) is 86.2 Å². The van der Waals surface area contributed by atoms with Gasteiger partial charge in [-0.05, 0) is 86.8 Å². The third-order valence-corrected chi connectivity index (χ3v) is 5.01. The first-order chi connectivity index (χ1) is 16.4. The molecule has 176 valence electrons. The highest BCUT2D eigenvalue weighted by Gasteiger charge is 2.13. The van der Waals surface area contributed by atoms with Gasteiger partial charge in [-0.3, -0.25) is 4.79 Å². The molecule has 34 heavy (non-hydrogen) atoms. The number of nitrogens with one attached hydrogen (secondary N) is 1. The summed E-state index contributed by atoms with van der Waals surface area (Å²) < 4.78 is 16.6. The van der Waals surface area contributed by atoms with Gasteiger partial charge in [-0.2, -0.15) is 5.10 Å². The van der Waals surface area contributed by atoms with Crippen LogP contribution in [0.25, 0.3) is 0 Å². The molecule has 0 aliphatic carbocycles.